The van der Waals surface area contributed by atoms with Crippen LogP contribution in [0, 0.1) is 5.82 Å². The number of aliphatic hydroxyl groups excluding tert-OH is 1. The molecule has 1 aromatic carbocycles. The Hall–Kier alpha value is -0.600. The molecule has 1 aromatic rings. The summed E-state index contributed by atoms with van der Waals surface area (Å²) in [6.45, 7) is 2.09. The first-order valence-electron chi connectivity index (χ1n) is 5.28. The van der Waals surface area contributed by atoms with Gasteiger partial charge < -0.3 is 5.11 Å². The molecule has 1 nitrogen and oxygen atoms in total. The first-order valence-corrected chi connectivity index (χ1v) is 5.66. The molecule has 0 amide bonds. The lowest BCUT2D eigenvalue weighted by molar-refractivity contribution is 0.159. The Bertz CT molecular complexity index is 294. The van der Waals surface area contributed by atoms with Crippen molar-refractivity contribution in [2.75, 3.05) is 0 Å². The Morgan fingerprint density at radius 2 is 2.13 bits per heavy atom. The topological polar surface area (TPSA) is 20.2 Å². The summed E-state index contributed by atoms with van der Waals surface area (Å²) in [5.74, 6) is -0.425. The van der Waals surface area contributed by atoms with Gasteiger partial charge in [0.25, 0.3) is 0 Å². The zero-order valence-electron chi connectivity index (χ0n) is 8.84. The van der Waals surface area contributed by atoms with Crippen molar-refractivity contribution in [3.8, 4) is 0 Å². The maximum absolute atomic E-state index is 13.4. The van der Waals surface area contributed by atoms with Crippen LogP contribution in [-0.4, -0.2) is 5.11 Å². The minimum absolute atomic E-state index is 0.232. The third-order valence-corrected chi connectivity index (χ3v) is 2.74. The molecule has 0 bridgehead atoms. The summed E-state index contributed by atoms with van der Waals surface area (Å²) in [7, 11) is 0. The molecule has 0 aromatic heterocycles. The number of rotatable bonds is 5. The molecule has 1 N–H and O–H groups in total. The van der Waals surface area contributed by atoms with E-state index in [4.69, 9.17) is 11.6 Å². The van der Waals surface area contributed by atoms with E-state index in [0.717, 1.165) is 19.3 Å². The monoisotopic (exact) mass is 230 g/mol. The molecule has 1 unspecified atom stereocenters. The molecule has 0 saturated carbocycles. The van der Waals surface area contributed by atoms with Gasteiger partial charge in [-0.2, -0.15) is 0 Å². The number of hydrogen-bond acceptors (Lipinski definition) is 1. The zero-order chi connectivity index (χ0) is 11.3. The predicted molar refractivity (Wildman–Crippen MR) is 60.5 cm³/mol. The van der Waals surface area contributed by atoms with Crippen molar-refractivity contribution in [2.45, 2.75) is 38.7 Å². The average molecular weight is 231 g/mol. The third-order valence-electron chi connectivity index (χ3n) is 2.41. The normalized spacial score (nSPS) is 12.8. The Balaban J connectivity index is 2.68. The molecule has 0 heterocycles. The van der Waals surface area contributed by atoms with E-state index in [2.05, 4.69) is 6.92 Å². The van der Waals surface area contributed by atoms with Gasteiger partial charge in [-0.1, -0.05) is 43.9 Å². The van der Waals surface area contributed by atoms with Crippen molar-refractivity contribution in [2.24, 2.45) is 0 Å². The SMILES string of the molecule is CCCCCC(O)c1c(F)cccc1Cl. The van der Waals surface area contributed by atoms with Gasteiger partial charge in [0, 0.05) is 10.6 Å². The Labute approximate surface area is 94.9 Å². The van der Waals surface area contributed by atoms with E-state index in [0.29, 0.717) is 11.4 Å². The number of halogens is 2. The first-order chi connectivity index (χ1) is 7.16. The van der Waals surface area contributed by atoms with E-state index in [-0.39, 0.29) is 5.56 Å². The molecule has 15 heavy (non-hydrogen) atoms. The number of unbranched alkanes of at least 4 members (excludes halogenated alkanes) is 2. The van der Waals surface area contributed by atoms with Gasteiger partial charge in [-0.25, -0.2) is 4.39 Å². The van der Waals surface area contributed by atoms with Crippen LogP contribution in [0.3, 0.4) is 0 Å². The minimum atomic E-state index is -0.787. The highest BCUT2D eigenvalue weighted by Gasteiger charge is 2.15. The molecule has 3 heteroatoms. The summed E-state index contributed by atoms with van der Waals surface area (Å²) in [5, 5.41) is 10.1. The molecule has 1 atom stereocenters. The third kappa shape index (κ3) is 3.47. The summed E-state index contributed by atoms with van der Waals surface area (Å²) in [5.41, 5.74) is 0.232. The molecule has 0 saturated heterocycles. The second-order valence-electron chi connectivity index (χ2n) is 3.65. The van der Waals surface area contributed by atoms with Gasteiger partial charge in [-0.05, 0) is 18.6 Å². The fraction of sp³-hybridized carbons (Fsp3) is 0.500. The lowest BCUT2D eigenvalue weighted by atomic mass is 10.0. The summed E-state index contributed by atoms with van der Waals surface area (Å²) in [4.78, 5) is 0. The molecule has 0 aliphatic rings. The van der Waals surface area contributed by atoms with Crippen LogP contribution in [0.4, 0.5) is 4.39 Å². The molecule has 1 rings (SSSR count). The molecule has 0 aliphatic heterocycles. The minimum Gasteiger partial charge on any atom is -0.388 e. The molecular formula is C12H16ClFO. The molecule has 0 spiro atoms. The fourth-order valence-corrected chi connectivity index (χ4v) is 1.85. The van der Waals surface area contributed by atoms with Crippen LogP contribution in [0.15, 0.2) is 18.2 Å². The predicted octanol–water partition coefficient (Wildman–Crippen LogP) is 4.09. The van der Waals surface area contributed by atoms with Crippen LogP contribution < -0.4 is 0 Å². The quantitative estimate of drug-likeness (QED) is 0.756. The van der Waals surface area contributed by atoms with Crippen molar-refractivity contribution in [3.63, 3.8) is 0 Å². The maximum Gasteiger partial charge on any atom is 0.130 e. The van der Waals surface area contributed by atoms with Gasteiger partial charge in [0.2, 0.25) is 0 Å². The molecule has 0 aliphatic carbocycles. The summed E-state index contributed by atoms with van der Waals surface area (Å²) in [6.07, 6.45) is 2.79. The maximum atomic E-state index is 13.4. The lowest BCUT2D eigenvalue weighted by Gasteiger charge is -2.13. The lowest BCUT2D eigenvalue weighted by Crippen LogP contribution is -2.01. The van der Waals surface area contributed by atoms with Crippen LogP contribution in [0.5, 0.6) is 0 Å². The van der Waals surface area contributed by atoms with E-state index in [1.807, 2.05) is 0 Å². The molecular weight excluding hydrogens is 215 g/mol. The van der Waals surface area contributed by atoms with Crippen molar-refractivity contribution in [1.82, 2.24) is 0 Å². The van der Waals surface area contributed by atoms with Crippen molar-refractivity contribution >= 4 is 11.6 Å². The highest BCUT2D eigenvalue weighted by molar-refractivity contribution is 6.31. The Kier molecular flexibility index (Phi) is 5.06. The number of aliphatic hydroxyl groups is 1. The van der Waals surface area contributed by atoms with Crippen molar-refractivity contribution in [1.29, 1.82) is 0 Å². The van der Waals surface area contributed by atoms with Crippen LogP contribution in [0.1, 0.15) is 44.3 Å². The fourth-order valence-electron chi connectivity index (χ4n) is 1.56. The summed E-state index contributed by atoms with van der Waals surface area (Å²) in [6, 6.07) is 4.47. The average Bonchev–Trinajstić information content (AvgIpc) is 2.18. The number of benzene rings is 1. The van der Waals surface area contributed by atoms with Gasteiger partial charge in [-0.3, -0.25) is 0 Å². The zero-order valence-corrected chi connectivity index (χ0v) is 9.60. The Morgan fingerprint density at radius 1 is 1.40 bits per heavy atom. The molecule has 84 valence electrons. The van der Waals surface area contributed by atoms with Crippen molar-refractivity contribution in [3.05, 3.63) is 34.6 Å². The van der Waals surface area contributed by atoms with Gasteiger partial charge in [0.1, 0.15) is 5.82 Å². The molecule has 0 radical (unpaired) electrons. The van der Waals surface area contributed by atoms with Gasteiger partial charge in [0.15, 0.2) is 0 Å². The van der Waals surface area contributed by atoms with Gasteiger partial charge >= 0.3 is 0 Å². The Morgan fingerprint density at radius 3 is 2.73 bits per heavy atom. The van der Waals surface area contributed by atoms with Crippen LogP contribution in [-0.2, 0) is 0 Å². The van der Waals surface area contributed by atoms with E-state index < -0.39 is 11.9 Å². The summed E-state index contributed by atoms with van der Waals surface area (Å²) >= 11 is 5.84. The largest absolute Gasteiger partial charge is 0.388 e. The van der Waals surface area contributed by atoms with Gasteiger partial charge in [-0.15, -0.1) is 0 Å². The van der Waals surface area contributed by atoms with Crippen LogP contribution in [0.25, 0.3) is 0 Å². The smallest absolute Gasteiger partial charge is 0.130 e. The van der Waals surface area contributed by atoms with E-state index >= 15 is 0 Å². The second-order valence-corrected chi connectivity index (χ2v) is 4.05. The van der Waals surface area contributed by atoms with E-state index in [1.54, 1.807) is 12.1 Å². The summed E-state index contributed by atoms with van der Waals surface area (Å²) < 4.78 is 13.4. The highest BCUT2D eigenvalue weighted by atomic mass is 35.5. The highest BCUT2D eigenvalue weighted by Crippen LogP contribution is 2.28. The van der Waals surface area contributed by atoms with E-state index in [1.165, 1.54) is 6.07 Å². The second kappa shape index (κ2) is 6.09. The van der Waals surface area contributed by atoms with Crippen LogP contribution in [0.2, 0.25) is 5.02 Å². The standard InChI is InChI=1S/C12H16ClFO/c1-2-3-4-8-11(15)12-9(13)6-5-7-10(12)14/h5-7,11,15H,2-4,8H2,1H3. The van der Waals surface area contributed by atoms with Crippen LogP contribution >= 0.6 is 11.6 Å². The van der Waals surface area contributed by atoms with E-state index in [9.17, 15) is 9.50 Å². The number of hydrogen-bond donors (Lipinski definition) is 1. The van der Waals surface area contributed by atoms with Gasteiger partial charge in [0.05, 0.1) is 6.10 Å². The molecule has 0 fully saturated rings. The first kappa shape index (κ1) is 12.5. The van der Waals surface area contributed by atoms with Crippen molar-refractivity contribution < 1.29 is 9.50 Å².